The Morgan fingerprint density at radius 2 is 2.14 bits per heavy atom. The third-order valence-corrected chi connectivity index (χ3v) is 3.92. The van der Waals surface area contributed by atoms with Crippen LogP contribution in [0.2, 0.25) is 0 Å². The average molecular weight is 300 g/mol. The van der Waals surface area contributed by atoms with Crippen molar-refractivity contribution in [2.45, 2.75) is 23.4 Å². The maximum Gasteiger partial charge on any atom is 0.241 e. The van der Waals surface area contributed by atoms with E-state index in [1.807, 2.05) is 25.1 Å². The van der Waals surface area contributed by atoms with E-state index < -0.39 is 0 Å². The van der Waals surface area contributed by atoms with Gasteiger partial charge in [-0.2, -0.15) is 4.98 Å². The molecule has 0 aliphatic heterocycles. The second-order valence-corrected chi connectivity index (χ2v) is 5.60. The molecule has 0 aliphatic carbocycles. The van der Waals surface area contributed by atoms with Crippen molar-refractivity contribution in [3.05, 3.63) is 36.7 Å². The molecule has 2 aromatic heterocycles. The Labute approximate surface area is 126 Å². The van der Waals surface area contributed by atoms with Crippen LogP contribution >= 0.6 is 11.8 Å². The highest BCUT2D eigenvalue weighted by atomic mass is 32.2. The smallest absolute Gasteiger partial charge is 0.241 e. The Morgan fingerprint density at radius 3 is 2.95 bits per heavy atom. The van der Waals surface area contributed by atoms with Gasteiger partial charge in [-0.15, -0.1) is 0 Å². The third kappa shape index (κ3) is 2.95. The zero-order valence-corrected chi connectivity index (χ0v) is 12.5. The van der Waals surface area contributed by atoms with Gasteiger partial charge in [0.15, 0.2) is 0 Å². The number of aromatic amines is 1. The molecule has 5 nitrogen and oxygen atoms in total. The first kappa shape index (κ1) is 13.8. The number of benzene rings is 1. The van der Waals surface area contributed by atoms with Crippen molar-refractivity contribution in [1.29, 1.82) is 0 Å². The quantitative estimate of drug-likeness (QED) is 0.705. The number of nitrogen functional groups attached to an aromatic ring is 1. The van der Waals surface area contributed by atoms with Gasteiger partial charge in [0.05, 0.1) is 11.6 Å². The van der Waals surface area contributed by atoms with Crippen molar-refractivity contribution in [1.82, 2.24) is 15.0 Å². The molecule has 0 atom stereocenters. The largest absolute Gasteiger partial charge is 0.476 e. The van der Waals surface area contributed by atoms with Gasteiger partial charge in [-0.25, -0.2) is 4.98 Å². The van der Waals surface area contributed by atoms with Crippen LogP contribution in [0.5, 0.6) is 5.88 Å². The van der Waals surface area contributed by atoms with Crippen molar-refractivity contribution in [3.8, 4) is 5.88 Å². The molecule has 108 valence electrons. The van der Waals surface area contributed by atoms with Crippen molar-refractivity contribution < 1.29 is 4.74 Å². The second-order valence-electron chi connectivity index (χ2n) is 4.57. The number of rotatable bonds is 5. The van der Waals surface area contributed by atoms with Gasteiger partial charge in [-0.3, -0.25) is 0 Å². The first-order chi connectivity index (χ1) is 10.3. The Bertz CT molecular complexity index is 723. The molecule has 0 radical (unpaired) electrons. The Kier molecular flexibility index (Phi) is 3.96. The number of hydrogen-bond acceptors (Lipinski definition) is 5. The molecule has 2 heterocycles. The first-order valence-electron chi connectivity index (χ1n) is 6.77. The molecule has 0 fully saturated rings. The maximum atomic E-state index is 6.08. The van der Waals surface area contributed by atoms with E-state index in [1.54, 1.807) is 0 Å². The van der Waals surface area contributed by atoms with E-state index in [4.69, 9.17) is 10.5 Å². The molecule has 0 saturated carbocycles. The van der Waals surface area contributed by atoms with Crippen molar-refractivity contribution in [3.63, 3.8) is 0 Å². The lowest BCUT2D eigenvalue weighted by atomic mass is 10.3. The zero-order chi connectivity index (χ0) is 14.7. The third-order valence-electron chi connectivity index (χ3n) is 2.97. The zero-order valence-electron chi connectivity index (χ0n) is 11.7. The molecule has 6 heteroatoms. The minimum absolute atomic E-state index is 0.450. The van der Waals surface area contributed by atoms with E-state index in [2.05, 4.69) is 27.1 Å². The van der Waals surface area contributed by atoms with E-state index in [-0.39, 0.29) is 0 Å². The molecular formula is C15H16N4OS. The number of nitrogens with two attached hydrogens (primary N) is 1. The van der Waals surface area contributed by atoms with Crippen LogP contribution in [-0.2, 0) is 0 Å². The van der Waals surface area contributed by atoms with Gasteiger partial charge >= 0.3 is 0 Å². The van der Waals surface area contributed by atoms with E-state index in [0.717, 1.165) is 22.3 Å². The van der Waals surface area contributed by atoms with Crippen LogP contribution in [-0.4, -0.2) is 21.6 Å². The second kappa shape index (κ2) is 6.05. The molecular weight excluding hydrogens is 284 g/mol. The fourth-order valence-electron chi connectivity index (χ4n) is 1.97. The lowest BCUT2D eigenvalue weighted by molar-refractivity contribution is 0.305. The molecule has 0 bridgehead atoms. The van der Waals surface area contributed by atoms with Crippen LogP contribution in [0.25, 0.3) is 10.9 Å². The van der Waals surface area contributed by atoms with Gasteiger partial charge in [0.25, 0.3) is 0 Å². The molecule has 1 aromatic carbocycles. The van der Waals surface area contributed by atoms with Crippen LogP contribution < -0.4 is 10.5 Å². The molecule has 3 N–H and O–H groups in total. The Balaban J connectivity index is 1.87. The molecule has 0 amide bonds. The van der Waals surface area contributed by atoms with Gasteiger partial charge < -0.3 is 15.5 Å². The summed E-state index contributed by atoms with van der Waals surface area (Å²) in [5, 5.41) is 2.85. The summed E-state index contributed by atoms with van der Waals surface area (Å²) in [4.78, 5) is 11.7. The molecule has 21 heavy (non-hydrogen) atoms. The number of ether oxygens (including phenoxy) is 1. The molecule has 0 spiro atoms. The van der Waals surface area contributed by atoms with E-state index in [9.17, 15) is 0 Å². The topological polar surface area (TPSA) is 76.8 Å². The van der Waals surface area contributed by atoms with Crippen LogP contribution in [0, 0.1) is 0 Å². The van der Waals surface area contributed by atoms with Gasteiger partial charge in [0.1, 0.15) is 17.0 Å². The van der Waals surface area contributed by atoms with Crippen molar-refractivity contribution >= 4 is 28.4 Å². The van der Waals surface area contributed by atoms with E-state index in [0.29, 0.717) is 23.2 Å². The van der Waals surface area contributed by atoms with Crippen molar-refractivity contribution in [2.75, 3.05) is 12.3 Å². The molecule has 0 saturated heterocycles. The molecule has 0 unspecified atom stereocenters. The molecule has 3 rings (SSSR count). The number of fused-ring (bicyclic) bond motifs is 1. The van der Waals surface area contributed by atoms with Crippen molar-refractivity contribution in [2.24, 2.45) is 0 Å². The summed E-state index contributed by atoms with van der Waals surface area (Å²) in [7, 11) is 0. The van der Waals surface area contributed by atoms with Gasteiger partial charge in [-0.1, -0.05) is 25.1 Å². The highest BCUT2D eigenvalue weighted by molar-refractivity contribution is 7.99. The summed E-state index contributed by atoms with van der Waals surface area (Å²) >= 11 is 1.48. The standard InChI is InChI=1S/C15H16N4OS/c1-2-7-20-14-13(16)15(18-9-17-14)21-12-8-10-5-3-4-6-11(10)19-12/h3-6,8-9,19H,2,7,16H2,1H3. The fourth-order valence-corrected chi connectivity index (χ4v) is 2.82. The Hall–Kier alpha value is -2.21. The summed E-state index contributed by atoms with van der Waals surface area (Å²) in [6.45, 7) is 2.63. The monoisotopic (exact) mass is 300 g/mol. The SMILES string of the molecule is CCCOc1ncnc(Sc2cc3ccccc3[nH]2)c1N. The Morgan fingerprint density at radius 1 is 1.29 bits per heavy atom. The molecule has 3 aromatic rings. The minimum Gasteiger partial charge on any atom is -0.476 e. The first-order valence-corrected chi connectivity index (χ1v) is 7.58. The van der Waals surface area contributed by atoms with E-state index in [1.165, 1.54) is 18.1 Å². The van der Waals surface area contributed by atoms with Crippen LogP contribution in [0.3, 0.4) is 0 Å². The number of nitrogens with one attached hydrogen (secondary N) is 1. The lowest BCUT2D eigenvalue weighted by Crippen LogP contribution is -2.03. The number of para-hydroxylation sites is 1. The number of H-pyrrole nitrogens is 1. The highest BCUT2D eigenvalue weighted by Crippen LogP contribution is 2.34. The summed E-state index contributed by atoms with van der Waals surface area (Å²) in [5.41, 5.74) is 7.66. The fraction of sp³-hybridized carbons (Fsp3) is 0.200. The summed E-state index contributed by atoms with van der Waals surface area (Å²) in [5.74, 6) is 0.450. The normalized spacial score (nSPS) is 10.9. The van der Waals surface area contributed by atoms with Gasteiger partial charge in [-0.05, 0) is 30.3 Å². The van der Waals surface area contributed by atoms with Crippen LogP contribution in [0.4, 0.5) is 5.69 Å². The van der Waals surface area contributed by atoms with Crippen LogP contribution in [0.1, 0.15) is 13.3 Å². The maximum absolute atomic E-state index is 6.08. The van der Waals surface area contributed by atoms with E-state index >= 15 is 0 Å². The molecule has 0 aliphatic rings. The highest BCUT2D eigenvalue weighted by Gasteiger charge is 2.12. The average Bonchev–Trinajstić information content (AvgIpc) is 2.90. The van der Waals surface area contributed by atoms with Gasteiger partial charge in [0.2, 0.25) is 5.88 Å². The van der Waals surface area contributed by atoms with Gasteiger partial charge in [0, 0.05) is 10.9 Å². The lowest BCUT2D eigenvalue weighted by Gasteiger charge is -2.08. The summed E-state index contributed by atoms with van der Waals surface area (Å²) < 4.78 is 5.52. The number of hydrogen-bond donors (Lipinski definition) is 2. The summed E-state index contributed by atoms with van der Waals surface area (Å²) in [6.07, 6.45) is 2.39. The predicted molar refractivity (Wildman–Crippen MR) is 84.7 cm³/mol. The minimum atomic E-state index is 0.450. The number of aromatic nitrogens is 3. The number of nitrogens with zero attached hydrogens (tertiary/aromatic N) is 2. The van der Waals surface area contributed by atoms with Crippen LogP contribution in [0.15, 0.2) is 46.7 Å². The predicted octanol–water partition coefficient (Wildman–Crippen LogP) is 3.48. The summed E-state index contributed by atoms with van der Waals surface area (Å²) in [6, 6.07) is 10.2. The number of anilines is 1.